The topological polar surface area (TPSA) is 84.7 Å². The summed E-state index contributed by atoms with van der Waals surface area (Å²) in [6.07, 6.45) is 5.37. The highest BCUT2D eigenvalue weighted by Gasteiger charge is 2.06. The fraction of sp³-hybridized carbons (Fsp3) is 0.154. The summed E-state index contributed by atoms with van der Waals surface area (Å²) in [5, 5.41) is 9.11. The molecule has 1 aromatic heterocycles. The number of rotatable bonds is 4. The number of nitrogens with two attached hydrogens (primary N) is 1. The van der Waals surface area contributed by atoms with Crippen LogP contribution in [0.1, 0.15) is 16.7 Å². The van der Waals surface area contributed by atoms with Gasteiger partial charge in [0.1, 0.15) is 0 Å². The Morgan fingerprint density at radius 1 is 1.50 bits per heavy atom. The normalized spacial score (nSPS) is 9.94. The van der Waals surface area contributed by atoms with Crippen LogP contribution in [0, 0.1) is 11.3 Å². The van der Waals surface area contributed by atoms with Gasteiger partial charge < -0.3 is 10.3 Å². The SMILES string of the molecule is N#Cc1cc(CC(N)=O)ccc1Cn1ccnc1. The lowest BCUT2D eigenvalue weighted by atomic mass is 10.0. The molecule has 0 spiro atoms. The summed E-state index contributed by atoms with van der Waals surface area (Å²) in [5.74, 6) is -0.402. The van der Waals surface area contributed by atoms with Gasteiger partial charge >= 0.3 is 0 Å². The third-order valence-corrected chi connectivity index (χ3v) is 2.59. The van der Waals surface area contributed by atoms with Crippen molar-refractivity contribution < 1.29 is 4.79 Å². The van der Waals surface area contributed by atoms with Crippen molar-refractivity contribution in [1.82, 2.24) is 9.55 Å². The summed E-state index contributed by atoms with van der Waals surface area (Å²) in [5.41, 5.74) is 7.34. The molecule has 0 aliphatic carbocycles. The third kappa shape index (κ3) is 2.74. The zero-order chi connectivity index (χ0) is 13.0. The summed E-state index contributed by atoms with van der Waals surface area (Å²) in [7, 11) is 0. The minimum Gasteiger partial charge on any atom is -0.369 e. The van der Waals surface area contributed by atoms with Crippen LogP contribution < -0.4 is 5.73 Å². The number of carbonyl (C=O) groups excluding carboxylic acids is 1. The molecule has 90 valence electrons. The molecule has 0 aliphatic rings. The maximum Gasteiger partial charge on any atom is 0.221 e. The summed E-state index contributed by atoms with van der Waals surface area (Å²) in [4.78, 5) is 14.8. The number of primary amides is 1. The fourth-order valence-corrected chi connectivity index (χ4v) is 1.75. The Bertz CT molecular complexity index is 596. The van der Waals surface area contributed by atoms with Crippen LogP contribution in [0.5, 0.6) is 0 Å². The van der Waals surface area contributed by atoms with Gasteiger partial charge in [-0.25, -0.2) is 4.98 Å². The first-order valence-corrected chi connectivity index (χ1v) is 5.45. The first-order valence-electron chi connectivity index (χ1n) is 5.45. The molecule has 0 aliphatic heterocycles. The Balaban J connectivity index is 2.26. The van der Waals surface area contributed by atoms with Gasteiger partial charge in [0.15, 0.2) is 0 Å². The average molecular weight is 240 g/mol. The van der Waals surface area contributed by atoms with Crippen molar-refractivity contribution in [3.63, 3.8) is 0 Å². The maximum atomic E-state index is 10.8. The van der Waals surface area contributed by atoms with Gasteiger partial charge in [0.2, 0.25) is 5.91 Å². The van der Waals surface area contributed by atoms with Crippen molar-refractivity contribution in [2.45, 2.75) is 13.0 Å². The summed E-state index contributed by atoms with van der Waals surface area (Å²) >= 11 is 0. The Hall–Kier alpha value is -2.61. The molecule has 2 rings (SSSR count). The maximum absolute atomic E-state index is 10.8. The number of hydrogen-bond acceptors (Lipinski definition) is 3. The number of hydrogen-bond donors (Lipinski definition) is 1. The molecule has 1 amide bonds. The molecule has 18 heavy (non-hydrogen) atoms. The number of nitriles is 1. The lowest BCUT2D eigenvalue weighted by Crippen LogP contribution is -2.14. The zero-order valence-corrected chi connectivity index (χ0v) is 9.71. The first-order chi connectivity index (χ1) is 8.69. The van der Waals surface area contributed by atoms with Crippen molar-refractivity contribution >= 4 is 5.91 Å². The molecule has 5 nitrogen and oxygen atoms in total. The average Bonchev–Trinajstić information content (AvgIpc) is 2.83. The van der Waals surface area contributed by atoms with E-state index in [4.69, 9.17) is 11.0 Å². The van der Waals surface area contributed by atoms with Crippen LogP contribution in [0.2, 0.25) is 0 Å². The van der Waals surface area contributed by atoms with Gasteiger partial charge in [-0.1, -0.05) is 12.1 Å². The van der Waals surface area contributed by atoms with E-state index in [2.05, 4.69) is 11.1 Å². The van der Waals surface area contributed by atoms with Crippen LogP contribution in [0.3, 0.4) is 0 Å². The van der Waals surface area contributed by atoms with Crippen LogP contribution in [0.4, 0.5) is 0 Å². The van der Waals surface area contributed by atoms with E-state index in [1.54, 1.807) is 18.6 Å². The number of aromatic nitrogens is 2. The second kappa shape index (κ2) is 5.15. The zero-order valence-electron chi connectivity index (χ0n) is 9.71. The fourth-order valence-electron chi connectivity index (χ4n) is 1.75. The Morgan fingerprint density at radius 3 is 2.94 bits per heavy atom. The molecule has 0 radical (unpaired) electrons. The molecule has 0 unspecified atom stereocenters. The number of nitrogens with zero attached hydrogens (tertiary/aromatic N) is 3. The Morgan fingerprint density at radius 2 is 2.33 bits per heavy atom. The number of imidazole rings is 1. The molecular formula is C13H12N4O. The van der Waals surface area contributed by atoms with E-state index in [0.717, 1.165) is 11.1 Å². The molecule has 0 atom stereocenters. The molecule has 0 fully saturated rings. The lowest BCUT2D eigenvalue weighted by molar-refractivity contribution is -0.117. The summed E-state index contributed by atoms with van der Waals surface area (Å²) in [6.45, 7) is 0.583. The van der Waals surface area contributed by atoms with E-state index in [0.29, 0.717) is 12.1 Å². The monoisotopic (exact) mass is 240 g/mol. The molecular weight excluding hydrogens is 228 g/mol. The van der Waals surface area contributed by atoms with E-state index >= 15 is 0 Å². The van der Waals surface area contributed by atoms with Crippen LogP contribution in [-0.2, 0) is 17.8 Å². The molecule has 1 aromatic carbocycles. The van der Waals surface area contributed by atoms with Crippen molar-refractivity contribution in [2.75, 3.05) is 0 Å². The predicted molar refractivity (Wildman–Crippen MR) is 65.4 cm³/mol. The molecule has 5 heteroatoms. The van der Waals surface area contributed by atoms with Crippen LogP contribution in [0.25, 0.3) is 0 Å². The summed E-state index contributed by atoms with van der Waals surface area (Å²) < 4.78 is 1.88. The Labute approximate surface area is 104 Å². The van der Waals surface area contributed by atoms with Gasteiger partial charge in [0, 0.05) is 18.9 Å². The second-order valence-electron chi connectivity index (χ2n) is 3.98. The number of carbonyl (C=O) groups is 1. The van der Waals surface area contributed by atoms with Crippen molar-refractivity contribution in [3.8, 4) is 6.07 Å². The number of benzene rings is 1. The van der Waals surface area contributed by atoms with E-state index in [1.807, 2.05) is 22.9 Å². The molecule has 2 N–H and O–H groups in total. The lowest BCUT2D eigenvalue weighted by Gasteiger charge is -2.07. The van der Waals surface area contributed by atoms with Crippen molar-refractivity contribution in [3.05, 3.63) is 53.6 Å². The third-order valence-electron chi connectivity index (χ3n) is 2.59. The second-order valence-corrected chi connectivity index (χ2v) is 3.98. The number of amides is 1. The van der Waals surface area contributed by atoms with E-state index in [9.17, 15) is 4.79 Å². The van der Waals surface area contributed by atoms with Gasteiger partial charge in [0.05, 0.1) is 24.4 Å². The minimum absolute atomic E-state index is 0.153. The smallest absolute Gasteiger partial charge is 0.221 e. The molecule has 1 heterocycles. The highest BCUT2D eigenvalue weighted by Crippen LogP contribution is 2.13. The van der Waals surface area contributed by atoms with Gasteiger partial charge in [0.25, 0.3) is 0 Å². The summed E-state index contributed by atoms with van der Waals surface area (Å²) in [6, 6.07) is 7.50. The van der Waals surface area contributed by atoms with Crippen LogP contribution >= 0.6 is 0 Å². The van der Waals surface area contributed by atoms with E-state index in [-0.39, 0.29) is 6.42 Å². The first kappa shape index (κ1) is 11.9. The Kier molecular flexibility index (Phi) is 3.39. The highest BCUT2D eigenvalue weighted by atomic mass is 16.1. The molecule has 0 saturated heterocycles. The standard InChI is InChI=1S/C13H12N4O/c14-7-12-5-10(6-13(15)18)1-2-11(12)8-17-4-3-16-9-17/h1-5,9H,6,8H2,(H2,15,18). The van der Waals surface area contributed by atoms with Crippen LogP contribution in [0.15, 0.2) is 36.9 Å². The van der Waals surface area contributed by atoms with E-state index < -0.39 is 5.91 Å². The van der Waals surface area contributed by atoms with Gasteiger partial charge in [-0.15, -0.1) is 0 Å². The van der Waals surface area contributed by atoms with Crippen molar-refractivity contribution in [2.24, 2.45) is 5.73 Å². The van der Waals surface area contributed by atoms with Crippen LogP contribution in [-0.4, -0.2) is 15.5 Å². The van der Waals surface area contributed by atoms with E-state index in [1.165, 1.54) is 0 Å². The molecule has 0 saturated carbocycles. The quantitative estimate of drug-likeness (QED) is 0.859. The molecule has 0 bridgehead atoms. The van der Waals surface area contributed by atoms with Gasteiger partial charge in [-0.05, 0) is 17.2 Å². The van der Waals surface area contributed by atoms with Gasteiger partial charge in [-0.3, -0.25) is 4.79 Å². The predicted octanol–water partition coefficient (Wildman–Crippen LogP) is 0.831. The van der Waals surface area contributed by atoms with Crippen molar-refractivity contribution in [1.29, 1.82) is 5.26 Å². The van der Waals surface area contributed by atoms with Gasteiger partial charge in [-0.2, -0.15) is 5.26 Å². The largest absolute Gasteiger partial charge is 0.369 e. The molecule has 2 aromatic rings. The minimum atomic E-state index is -0.402. The highest BCUT2D eigenvalue weighted by molar-refractivity contribution is 5.76.